The molecular formula is C10H15N5O. The summed E-state index contributed by atoms with van der Waals surface area (Å²) in [5.74, 6) is 2.53. The molecule has 16 heavy (non-hydrogen) atoms. The molecule has 0 radical (unpaired) electrons. The number of rotatable bonds is 5. The summed E-state index contributed by atoms with van der Waals surface area (Å²) in [6.07, 6.45) is 7.94. The van der Waals surface area contributed by atoms with Crippen LogP contribution in [-0.4, -0.2) is 26.7 Å². The zero-order valence-corrected chi connectivity index (χ0v) is 9.18. The number of hydrogen-bond acceptors (Lipinski definition) is 4. The summed E-state index contributed by atoms with van der Waals surface area (Å²) in [7, 11) is 0. The Hall–Kier alpha value is -2.03. The number of carbonyl (C=O) groups is 1. The molecule has 0 bridgehead atoms. The number of nitrogens with zero attached hydrogens (tertiary/aromatic N) is 3. The van der Waals surface area contributed by atoms with Crippen LogP contribution in [0.5, 0.6) is 0 Å². The van der Waals surface area contributed by atoms with Gasteiger partial charge in [-0.05, 0) is 6.42 Å². The molecule has 0 aliphatic heterocycles. The SMILES string of the molecule is C#CCC(CC)NC(=O)Cn1cnc(N)n1. The highest BCUT2D eigenvalue weighted by Crippen LogP contribution is 1.96. The summed E-state index contributed by atoms with van der Waals surface area (Å²) >= 11 is 0. The minimum atomic E-state index is -0.146. The Kier molecular flexibility index (Phi) is 4.33. The van der Waals surface area contributed by atoms with Crippen molar-refractivity contribution < 1.29 is 4.79 Å². The molecule has 0 saturated carbocycles. The predicted octanol–water partition coefficient (Wildman–Crippen LogP) is -0.222. The monoisotopic (exact) mass is 221 g/mol. The quantitative estimate of drug-likeness (QED) is 0.673. The number of terminal acetylenes is 1. The highest BCUT2D eigenvalue weighted by Gasteiger charge is 2.10. The number of hydrogen-bond donors (Lipinski definition) is 2. The van der Waals surface area contributed by atoms with E-state index in [1.54, 1.807) is 0 Å². The Bertz CT molecular complexity index is 392. The summed E-state index contributed by atoms with van der Waals surface area (Å²) in [4.78, 5) is 15.3. The average molecular weight is 221 g/mol. The molecule has 3 N–H and O–H groups in total. The molecule has 86 valence electrons. The van der Waals surface area contributed by atoms with Crippen LogP contribution in [0.4, 0.5) is 5.95 Å². The molecule has 6 heteroatoms. The van der Waals surface area contributed by atoms with Crippen LogP contribution in [0.25, 0.3) is 0 Å². The van der Waals surface area contributed by atoms with Crippen LogP contribution >= 0.6 is 0 Å². The minimum absolute atomic E-state index is 0.0124. The van der Waals surface area contributed by atoms with E-state index in [0.29, 0.717) is 6.42 Å². The maximum atomic E-state index is 11.6. The van der Waals surface area contributed by atoms with Crippen molar-refractivity contribution >= 4 is 11.9 Å². The largest absolute Gasteiger partial charge is 0.367 e. The van der Waals surface area contributed by atoms with E-state index in [9.17, 15) is 4.79 Å². The average Bonchev–Trinajstić information content (AvgIpc) is 2.63. The van der Waals surface area contributed by atoms with E-state index in [4.69, 9.17) is 12.2 Å². The topological polar surface area (TPSA) is 85.8 Å². The fraction of sp³-hybridized carbons (Fsp3) is 0.500. The van der Waals surface area contributed by atoms with E-state index in [2.05, 4.69) is 21.3 Å². The fourth-order valence-corrected chi connectivity index (χ4v) is 1.25. The normalized spacial score (nSPS) is 11.8. The number of aromatic nitrogens is 3. The lowest BCUT2D eigenvalue weighted by molar-refractivity contribution is -0.122. The fourth-order valence-electron chi connectivity index (χ4n) is 1.25. The third-order valence-corrected chi connectivity index (χ3v) is 2.08. The Labute approximate surface area is 94.2 Å². The van der Waals surface area contributed by atoms with Gasteiger partial charge in [0.2, 0.25) is 11.9 Å². The van der Waals surface area contributed by atoms with Crippen molar-refractivity contribution in [3.8, 4) is 12.3 Å². The smallest absolute Gasteiger partial charge is 0.242 e. The molecule has 1 aromatic rings. The zero-order valence-electron chi connectivity index (χ0n) is 9.18. The van der Waals surface area contributed by atoms with Gasteiger partial charge < -0.3 is 11.1 Å². The molecule has 1 atom stereocenters. The van der Waals surface area contributed by atoms with E-state index in [1.165, 1.54) is 11.0 Å². The Morgan fingerprint density at radius 3 is 3.06 bits per heavy atom. The standard InChI is InChI=1S/C10H15N5O/c1-3-5-8(4-2)13-9(16)6-15-7-12-10(11)14-15/h1,7-8H,4-6H2,2H3,(H2,11,14)(H,13,16). The predicted molar refractivity (Wildman–Crippen MR) is 60.1 cm³/mol. The minimum Gasteiger partial charge on any atom is -0.367 e. The first kappa shape index (κ1) is 12.0. The van der Waals surface area contributed by atoms with E-state index in [1.807, 2.05) is 6.92 Å². The lowest BCUT2D eigenvalue weighted by Crippen LogP contribution is -2.36. The number of carbonyl (C=O) groups excluding carboxylic acids is 1. The van der Waals surface area contributed by atoms with Crippen LogP contribution in [-0.2, 0) is 11.3 Å². The molecule has 1 heterocycles. The first-order valence-electron chi connectivity index (χ1n) is 5.03. The van der Waals surface area contributed by atoms with Crippen molar-refractivity contribution in [2.24, 2.45) is 0 Å². The molecule has 0 fully saturated rings. The third kappa shape index (κ3) is 3.61. The zero-order chi connectivity index (χ0) is 12.0. The van der Waals surface area contributed by atoms with Crippen molar-refractivity contribution in [1.29, 1.82) is 0 Å². The van der Waals surface area contributed by atoms with Crippen LogP contribution in [0.15, 0.2) is 6.33 Å². The van der Waals surface area contributed by atoms with Crippen LogP contribution in [0.2, 0.25) is 0 Å². The summed E-state index contributed by atoms with van der Waals surface area (Å²) in [6, 6.07) is 0.0124. The lowest BCUT2D eigenvalue weighted by atomic mass is 10.1. The molecule has 0 saturated heterocycles. The summed E-state index contributed by atoms with van der Waals surface area (Å²) < 4.78 is 1.38. The van der Waals surface area contributed by atoms with Crippen LogP contribution in [0.1, 0.15) is 19.8 Å². The van der Waals surface area contributed by atoms with Gasteiger partial charge >= 0.3 is 0 Å². The number of anilines is 1. The second-order valence-corrected chi connectivity index (χ2v) is 3.38. The van der Waals surface area contributed by atoms with Crippen molar-refractivity contribution in [1.82, 2.24) is 20.1 Å². The highest BCUT2D eigenvalue weighted by atomic mass is 16.2. The van der Waals surface area contributed by atoms with Gasteiger partial charge in [0.1, 0.15) is 12.9 Å². The first-order valence-corrected chi connectivity index (χ1v) is 5.03. The Morgan fingerprint density at radius 1 is 1.81 bits per heavy atom. The Balaban J connectivity index is 2.44. The molecule has 1 unspecified atom stereocenters. The summed E-state index contributed by atoms with van der Waals surface area (Å²) in [5.41, 5.74) is 5.33. The van der Waals surface area contributed by atoms with Gasteiger partial charge in [-0.25, -0.2) is 9.67 Å². The molecule has 6 nitrogen and oxygen atoms in total. The van der Waals surface area contributed by atoms with E-state index < -0.39 is 0 Å². The van der Waals surface area contributed by atoms with Gasteiger partial charge in [0, 0.05) is 12.5 Å². The maximum Gasteiger partial charge on any atom is 0.242 e. The van der Waals surface area contributed by atoms with Crippen LogP contribution < -0.4 is 11.1 Å². The number of nitrogens with two attached hydrogens (primary N) is 1. The van der Waals surface area contributed by atoms with Gasteiger partial charge in [0.25, 0.3) is 0 Å². The van der Waals surface area contributed by atoms with Crippen molar-refractivity contribution in [3.63, 3.8) is 0 Å². The highest BCUT2D eigenvalue weighted by molar-refractivity contribution is 5.75. The van der Waals surface area contributed by atoms with Gasteiger partial charge in [0.05, 0.1) is 0 Å². The summed E-state index contributed by atoms with van der Waals surface area (Å²) in [6.45, 7) is 2.07. The van der Waals surface area contributed by atoms with Crippen LogP contribution in [0.3, 0.4) is 0 Å². The van der Waals surface area contributed by atoms with E-state index >= 15 is 0 Å². The molecule has 0 aliphatic rings. The number of amides is 1. The van der Waals surface area contributed by atoms with Gasteiger partial charge in [-0.2, -0.15) is 0 Å². The Morgan fingerprint density at radius 2 is 2.56 bits per heavy atom. The lowest BCUT2D eigenvalue weighted by Gasteiger charge is -2.13. The van der Waals surface area contributed by atoms with Gasteiger partial charge in [0.15, 0.2) is 0 Å². The van der Waals surface area contributed by atoms with E-state index in [-0.39, 0.29) is 24.4 Å². The second kappa shape index (κ2) is 5.75. The summed E-state index contributed by atoms with van der Waals surface area (Å²) in [5, 5.41) is 6.63. The first-order chi connectivity index (χ1) is 7.65. The maximum absolute atomic E-state index is 11.6. The second-order valence-electron chi connectivity index (χ2n) is 3.38. The van der Waals surface area contributed by atoms with Crippen LogP contribution in [0, 0.1) is 12.3 Å². The van der Waals surface area contributed by atoms with Crippen molar-refractivity contribution in [2.75, 3.05) is 5.73 Å². The number of nitrogen functional groups attached to an aromatic ring is 1. The molecule has 0 aromatic carbocycles. The van der Waals surface area contributed by atoms with Crippen molar-refractivity contribution in [3.05, 3.63) is 6.33 Å². The van der Waals surface area contributed by atoms with Gasteiger partial charge in [-0.15, -0.1) is 17.4 Å². The van der Waals surface area contributed by atoms with E-state index in [0.717, 1.165) is 6.42 Å². The molecule has 1 rings (SSSR count). The third-order valence-electron chi connectivity index (χ3n) is 2.08. The molecule has 0 aliphatic carbocycles. The van der Waals surface area contributed by atoms with Gasteiger partial charge in [-0.1, -0.05) is 6.92 Å². The molecular weight excluding hydrogens is 206 g/mol. The molecule has 0 spiro atoms. The molecule has 1 amide bonds. The number of nitrogens with one attached hydrogen (secondary N) is 1. The van der Waals surface area contributed by atoms with Crippen molar-refractivity contribution in [2.45, 2.75) is 32.4 Å². The molecule has 1 aromatic heterocycles. The van der Waals surface area contributed by atoms with Gasteiger partial charge in [-0.3, -0.25) is 4.79 Å².